The van der Waals surface area contributed by atoms with E-state index in [1.54, 1.807) is 0 Å². The van der Waals surface area contributed by atoms with Gasteiger partial charge in [0, 0.05) is 5.57 Å². The van der Waals surface area contributed by atoms with Crippen molar-refractivity contribution in [1.29, 1.82) is 0 Å². The second kappa shape index (κ2) is 15.7. The van der Waals surface area contributed by atoms with E-state index in [-0.39, 0.29) is 48.1 Å². The van der Waals surface area contributed by atoms with E-state index in [1.165, 1.54) is 20.8 Å². The molecule has 0 aliphatic heterocycles. The lowest BCUT2D eigenvalue weighted by molar-refractivity contribution is -0.163. The normalized spacial score (nSPS) is 10.8. The highest BCUT2D eigenvalue weighted by atomic mass is 24.3. The van der Waals surface area contributed by atoms with Gasteiger partial charge in [-0.05, 0) is 26.8 Å². The van der Waals surface area contributed by atoms with E-state index in [1.807, 2.05) is 0 Å². The van der Waals surface area contributed by atoms with Gasteiger partial charge >= 0.3 is 46.9 Å². The van der Waals surface area contributed by atoms with Gasteiger partial charge in [0.15, 0.2) is 11.9 Å². The molecule has 0 aromatic heterocycles. The van der Waals surface area contributed by atoms with Crippen molar-refractivity contribution in [2.45, 2.75) is 39.7 Å². The predicted molar refractivity (Wildman–Crippen MR) is 105 cm³/mol. The van der Waals surface area contributed by atoms with Crippen LogP contribution in [-0.2, 0) is 33.4 Å². The van der Waals surface area contributed by atoms with Gasteiger partial charge in [0.1, 0.15) is 13.2 Å². The van der Waals surface area contributed by atoms with Gasteiger partial charge < -0.3 is 24.8 Å². The van der Waals surface area contributed by atoms with Crippen molar-refractivity contribution in [3.05, 3.63) is 24.8 Å². The Balaban J connectivity index is -0.000000636. The minimum atomic E-state index is -1.44. The first-order valence-electron chi connectivity index (χ1n) is 8.02. The zero-order chi connectivity index (χ0) is 22.5. The van der Waals surface area contributed by atoms with E-state index >= 15 is 0 Å². The third-order valence-corrected chi connectivity index (χ3v) is 2.92. The molecule has 0 amide bonds. The number of carbonyl (C=O) groups excluding carboxylic acids is 3. The van der Waals surface area contributed by atoms with Gasteiger partial charge in [-0.2, -0.15) is 0 Å². The van der Waals surface area contributed by atoms with Gasteiger partial charge in [0.2, 0.25) is 0 Å². The fraction of sp³-hybridized carbons (Fsp3) is 0.500. The van der Waals surface area contributed by atoms with Crippen LogP contribution in [0.4, 0.5) is 0 Å². The Morgan fingerprint density at radius 2 is 1.48 bits per heavy atom. The van der Waals surface area contributed by atoms with E-state index < -0.39 is 47.8 Å². The number of esters is 2. The Kier molecular flexibility index (Phi) is 17.0. The number of hydrogen-bond donors (Lipinski definition) is 3. The molecule has 0 saturated heterocycles. The molecule has 0 fully saturated rings. The molecule has 0 spiro atoms. The van der Waals surface area contributed by atoms with E-state index in [4.69, 9.17) is 19.7 Å². The maximum absolute atomic E-state index is 11.8. The highest BCUT2D eigenvalue weighted by Crippen LogP contribution is 2.18. The van der Waals surface area contributed by atoms with Gasteiger partial charge in [-0.1, -0.05) is 13.2 Å². The van der Waals surface area contributed by atoms with Gasteiger partial charge in [-0.25, -0.2) is 4.79 Å². The molecule has 0 aromatic rings. The van der Waals surface area contributed by atoms with E-state index in [0.717, 1.165) is 6.08 Å². The van der Waals surface area contributed by atoms with Crippen molar-refractivity contribution in [1.82, 2.24) is 0 Å². The Labute approximate surface area is 184 Å². The quantitative estimate of drug-likeness (QED) is 0.228. The highest BCUT2D eigenvalue weighted by molar-refractivity contribution is 5.93. The van der Waals surface area contributed by atoms with Crippen molar-refractivity contribution in [2.24, 2.45) is 5.41 Å². The van der Waals surface area contributed by atoms with Crippen molar-refractivity contribution in [3.8, 4) is 0 Å². The number of carboxylic acids is 2. The summed E-state index contributed by atoms with van der Waals surface area (Å²) in [7, 11) is 0. The van der Waals surface area contributed by atoms with Crippen molar-refractivity contribution >= 4 is 52.7 Å². The molecule has 1 atom stereocenters. The van der Waals surface area contributed by atoms with Gasteiger partial charge in [-0.15, -0.1) is 0 Å². The van der Waals surface area contributed by atoms with Crippen molar-refractivity contribution < 1.29 is 48.8 Å². The predicted octanol–water partition coefficient (Wildman–Crippen LogP) is -0.189. The first-order valence-corrected chi connectivity index (χ1v) is 8.02. The molecule has 1 unspecified atom stereocenters. The second-order valence-corrected chi connectivity index (χ2v) is 6.25. The van der Waals surface area contributed by atoms with E-state index in [0.29, 0.717) is 0 Å². The smallest absolute Gasteiger partial charge is 0.333 e. The summed E-state index contributed by atoms with van der Waals surface area (Å²) in [4.78, 5) is 53.3. The lowest BCUT2D eigenvalue weighted by Gasteiger charge is -2.22. The minimum absolute atomic E-state index is 0. The summed E-state index contributed by atoms with van der Waals surface area (Å²) in [5, 5.41) is 25.1. The number of rotatable bonds is 11. The van der Waals surface area contributed by atoms with Gasteiger partial charge in [0.25, 0.3) is 0 Å². The van der Waals surface area contributed by atoms with Crippen LogP contribution < -0.4 is 0 Å². The number of hydrogen-bond acceptors (Lipinski definition) is 8. The molecule has 0 rings (SSSR count). The zero-order valence-electron chi connectivity index (χ0n) is 16.1. The minimum Gasteiger partial charge on any atom is -0.481 e. The summed E-state index contributed by atoms with van der Waals surface area (Å²) in [6, 6.07) is 0. The molecule has 11 heteroatoms. The average Bonchev–Trinajstić information content (AvgIpc) is 2.61. The summed E-state index contributed by atoms with van der Waals surface area (Å²) >= 11 is 0. The maximum Gasteiger partial charge on any atom is 0.333 e. The topological polar surface area (TPSA) is 164 Å². The first-order chi connectivity index (χ1) is 12.7. The molecule has 0 aliphatic carbocycles. The fourth-order valence-corrected chi connectivity index (χ4v) is 1.21. The summed E-state index contributed by atoms with van der Waals surface area (Å²) in [6.07, 6.45) is -1.09. The van der Waals surface area contributed by atoms with Crippen LogP contribution in [0.1, 0.15) is 33.6 Å². The second-order valence-electron chi connectivity index (χ2n) is 6.25. The summed E-state index contributed by atoms with van der Waals surface area (Å²) < 4.78 is 9.69. The molecule has 0 saturated carbocycles. The molecular weight excluding hydrogens is 400 g/mol. The molecule has 3 N–H and O–H groups in total. The van der Waals surface area contributed by atoms with Gasteiger partial charge in [0.05, 0.1) is 18.3 Å². The molecular formula is C18H28MgO10. The number of aliphatic hydroxyl groups excluding tert-OH is 1. The highest BCUT2D eigenvalue weighted by Gasteiger charge is 2.32. The van der Waals surface area contributed by atoms with E-state index in [2.05, 4.69) is 13.2 Å². The monoisotopic (exact) mass is 428 g/mol. The maximum atomic E-state index is 11.8. The molecule has 29 heavy (non-hydrogen) atoms. The van der Waals surface area contributed by atoms with Crippen LogP contribution in [0.15, 0.2) is 24.8 Å². The fourth-order valence-electron chi connectivity index (χ4n) is 1.21. The van der Waals surface area contributed by atoms with Crippen molar-refractivity contribution in [2.75, 3.05) is 13.2 Å². The van der Waals surface area contributed by atoms with Crippen LogP contribution in [0.3, 0.4) is 0 Å². The number of carboxylic acid groups (broad SMARTS) is 2. The molecule has 0 bridgehead atoms. The molecule has 0 aromatic carbocycles. The largest absolute Gasteiger partial charge is 0.481 e. The molecule has 10 nitrogen and oxygen atoms in total. The SMILES string of the molecule is C=CC(=O)C(O)COC(=O)C(C)(C)COC(=O)C(=C)C.O=C(O)CCC(=O)O.[MgH2]. The molecule has 0 aliphatic rings. The summed E-state index contributed by atoms with van der Waals surface area (Å²) in [5.41, 5.74) is -0.872. The van der Waals surface area contributed by atoms with Crippen LogP contribution in [0.2, 0.25) is 0 Å². The number of ketones is 1. The molecule has 162 valence electrons. The van der Waals surface area contributed by atoms with Crippen LogP contribution in [0.25, 0.3) is 0 Å². The standard InChI is InChI=1S/C14H20O6.C4H6O4.Mg.2H/c1-6-10(15)11(16)7-19-13(18)14(4,5)8-20-12(17)9(2)3;5-3(6)1-2-4(7)8;;;/h6,11,16H,1-2,7-8H2,3-5H3;1-2H2,(H,5,6)(H,7,8);;;. The zero-order valence-corrected chi connectivity index (χ0v) is 16.1. The van der Waals surface area contributed by atoms with Crippen LogP contribution in [0, 0.1) is 5.41 Å². The third kappa shape index (κ3) is 16.4. The number of aliphatic hydroxyl groups is 1. The van der Waals surface area contributed by atoms with Crippen LogP contribution in [0.5, 0.6) is 0 Å². The number of ether oxygens (including phenoxy) is 2. The summed E-state index contributed by atoms with van der Waals surface area (Å²) in [5.74, 6) is -4.08. The van der Waals surface area contributed by atoms with Crippen LogP contribution >= 0.6 is 0 Å². The summed E-state index contributed by atoms with van der Waals surface area (Å²) in [6.45, 7) is 10.5. The van der Waals surface area contributed by atoms with Crippen LogP contribution in [-0.4, -0.2) is 87.4 Å². The number of carbonyl (C=O) groups is 5. The van der Waals surface area contributed by atoms with Crippen molar-refractivity contribution in [3.63, 3.8) is 0 Å². The van der Waals surface area contributed by atoms with E-state index in [9.17, 15) is 29.1 Å². The first kappa shape index (κ1) is 31.5. The molecule has 0 radical (unpaired) electrons. The average molecular weight is 429 g/mol. The lowest BCUT2D eigenvalue weighted by atomic mass is 9.95. The third-order valence-electron chi connectivity index (χ3n) is 2.92. The van der Waals surface area contributed by atoms with Gasteiger partial charge in [-0.3, -0.25) is 19.2 Å². The molecule has 0 heterocycles. The lowest BCUT2D eigenvalue weighted by Crippen LogP contribution is -2.35. The Bertz CT molecular complexity index is 610. The number of aliphatic carboxylic acids is 2. The Hall–Kier alpha value is -2.24. The Morgan fingerprint density at radius 1 is 1.03 bits per heavy atom. The Morgan fingerprint density at radius 3 is 1.83 bits per heavy atom.